The third kappa shape index (κ3) is 3.10. The van der Waals surface area contributed by atoms with E-state index in [9.17, 15) is 9.90 Å². The van der Waals surface area contributed by atoms with Gasteiger partial charge >= 0.3 is 0 Å². The molecule has 0 aromatic heterocycles. The molecule has 0 atom stereocenters. The van der Waals surface area contributed by atoms with Gasteiger partial charge in [0, 0.05) is 9.50 Å². The van der Waals surface area contributed by atoms with Gasteiger partial charge in [-0.15, -0.1) is 0 Å². The number of nitriles is 1. The molecule has 0 aliphatic carbocycles. The molecule has 2 rings (SSSR count). The summed E-state index contributed by atoms with van der Waals surface area (Å²) < 4.78 is 0.659. The maximum Gasteiger partial charge on any atom is 0.259 e. The summed E-state index contributed by atoms with van der Waals surface area (Å²) >= 11 is 9.03. The molecule has 0 heterocycles. The van der Waals surface area contributed by atoms with Crippen LogP contribution in [0.2, 0.25) is 5.02 Å². The average Bonchev–Trinajstić information content (AvgIpc) is 2.38. The van der Waals surface area contributed by atoms with E-state index in [1.807, 2.05) is 6.07 Å². The number of carbonyl (C=O) groups excluding carboxylic acids is 1. The van der Waals surface area contributed by atoms with Crippen molar-refractivity contribution in [3.8, 4) is 11.8 Å². The normalized spacial score (nSPS) is 9.85. The van der Waals surface area contributed by atoms with Gasteiger partial charge in [0.05, 0.1) is 16.8 Å². The zero-order chi connectivity index (χ0) is 14.7. The first-order chi connectivity index (χ1) is 9.51. The zero-order valence-corrected chi connectivity index (χ0v) is 12.4. The highest BCUT2D eigenvalue weighted by molar-refractivity contribution is 9.10. The van der Waals surface area contributed by atoms with Gasteiger partial charge in [0.15, 0.2) is 0 Å². The highest BCUT2D eigenvalue weighted by Gasteiger charge is 2.13. The Morgan fingerprint density at radius 3 is 2.70 bits per heavy atom. The number of rotatable bonds is 2. The smallest absolute Gasteiger partial charge is 0.259 e. The summed E-state index contributed by atoms with van der Waals surface area (Å²) in [4.78, 5) is 12.1. The van der Waals surface area contributed by atoms with E-state index in [2.05, 4.69) is 21.2 Å². The predicted molar refractivity (Wildman–Crippen MR) is 79.9 cm³/mol. The van der Waals surface area contributed by atoms with Crippen LogP contribution in [0.3, 0.4) is 0 Å². The number of hydrogen-bond donors (Lipinski definition) is 2. The number of halogens is 2. The fourth-order valence-corrected chi connectivity index (χ4v) is 2.12. The van der Waals surface area contributed by atoms with Crippen LogP contribution in [0.15, 0.2) is 40.9 Å². The van der Waals surface area contributed by atoms with E-state index in [1.165, 1.54) is 24.3 Å². The lowest BCUT2D eigenvalue weighted by atomic mass is 10.1. The van der Waals surface area contributed by atoms with E-state index in [4.69, 9.17) is 16.9 Å². The molecule has 4 nitrogen and oxygen atoms in total. The number of phenolic OH excluding ortho intramolecular Hbond substituents is 1. The number of aromatic hydroxyl groups is 1. The first kappa shape index (κ1) is 14.4. The SMILES string of the molecule is N#Cc1ccc(Cl)cc1NC(=O)c1ccc(Br)cc1O. The minimum Gasteiger partial charge on any atom is -0.507 e. The first-order valence-electron chi connectivity index (χ1n) is 5.51. The molecule has 0 bridgehead atoms. The van der Waals surface area contributed by atoms with Gasteiger partial charge in [0.1, 0.15) is 11.8 Å². The molecule has 1 amide bonds. The van der Waals surface area contributed by atoms with Crippen molar-refractivity contribution in [3.63, 3.8) is 0 Å². The molecule has 2 aromatic carbocycles. The molecule has 0 unspecified atom stereocenters. The summed E-state index contributed by atoms with van der Waals surface area (Å²) in [6.07, 6.45) is 0. The number of carbonyl (C=O) groups is 1. The van der Waals surface area contributed by atoms with Gasteiger partial charge < -0.3 is 10.4 Å². The largest absolute Gasteiger partial charge is 0.507 e. The quantitative estimate of drug-likeness (QED) is 0.861. The van der Waals surface area contributed by atoms with E-state index in [0.29, 0.717) is 20.7 Å². The van der Waals surface area contributed by atoms with Crippen LogP contribution in [-0.4, -0.2) is 11.0 Å². The Labute approximate surface area is 128 Å². The van der Waals surface area contributed by atoms with Crippen LogP contribution >= 0.6 is 27.5 Å². The van der Waals surface area contributed by atoms with Crippen molar-refractivity contribution in [2.45, 2.75) is 0 Å². The van der Waals surface area contributed by atoms with Gasteiger partial charge in [-0.05, 0) is 36.4 Å². The molecule has 0 radical (unpaired) electrons. The van der Waals surface area contributed by atoms with E-state index < -0.39 is 5.91 Å². The Balaban J connectivity index is 2.33. The van der Waals surface area contributed by atoms with Gasteiger partial charge in [-0.2, -0.15) is 5.26 Å². The summed E-state index contributed by atoms with van der Waals surface area (Å²) in [5.74, 6) is -0.675. The van der Waals surface area contributed by atoms with Gasteiger partial charge in [0.25, 0.3) is 5.91 Å². The number of nitrogens with zero attached hydrogens (tertiary/aromatic N) is 1. The van der Waals surface area contributed by atoms with E-state index in [0.717, 1.165) is 0 Å². The first-order valence-corrected chi connectivity index (χ1v) is 6.68. The molecule has 0 spiro atoms. The number of phenols is 1. The number of anilines is 1. The Morgan fingerprint density at radius 2 is 2.05 bits per heavy atom. The van der Waals surface area contributed by atoms with Crippen LogP contribution in [0.25, 0.3) is 0 Å². The lowest BCUT2D eigenvalue weighted by molar-refractivity contribution is 0.102. The molecule has 6 heteroatoms. The minimum absolute atomic E-state index is 0.108. The van der Waals surface area contributed by atoms with Crippen molar-refractivity contribution in [2.75, 3.05) is 5.32 Å². The molecule has 100 valence electrons. The van der Waals surface area contributed by atoms with Crippen molar-refractivity contribution < 1.29 is 9.90 Å². The summed E-state index contributed by atoms with van der Waals surface area (Å²) in [5.41, 5.74) is 0.698. The summed E-state index contributed by atoms with van der Waals surface area (Å²) in [6.45, 7) is 0. The van der Waals surface area contributed by atoms with Crippen molar-refractivity contribution >= 4 is 39.1 Å². The number of benzene rings is 2. The second-order valence-corrected chi connectivity index (χ2v) is 5.27. The van der Waals surface area contributed by atoms with Gasteiger partial charge in [0.2, 0.25) is 0 Å². The van der Waals surface area contributed by atoms with Gasteiger partial charge in [-0.25, -0.2) is 0 Å². The highest BCUT2D eigenvalue weighted by atomic mass is 79.9. The molecule has 20 heavy (non-hydrogen) atoms. The van der Waals surface area contributed by atoms with Crippen molar-refractivity contribution in [1.29, 1.82) is 5.26 Å². The molecular formula is C14H8BrClN2O2. The maximum absolute atomic E-state index is 12.1. The maximum atomic E-state index is 12.1. The molecule has 0 fully saturated rings. The van der Waals surface area contributed by atoms with Crippen molar-refractivity contribution in [3.05, 3.63) is 57.0 Å². The number of amides is 1. The molecule has 0 saturated heterocycles. The van der Waals surface area contributed by atoms with Crippen LogP contribution in [0.5, 0.6) is 5.75 Å². The standard InChI is InChI=1S/C14H8BrClN2O2/c15-9-2-4-11(13(19)5-9)14(20)18-12-6-10(16)3-1-8(12)7-17/h1-6,19H,(H,18,20). The summed E-state index contributed by atoms with van der Waals surface area (Å²) in [7, 11) is 0. The third-order valence-electron chi connectivity index (χ3n) is 2.55. The van der Waals surface area contributed by atoms with E-state index in [1.54, 1.807) is 12.1 Å². The molecule has 2 aromatic rings. The fraction of sp³-hybridized carbons (Fsp3) is 0. The summed E-state index contributed by atoms with van der Waals surface area (Å²) in [5, 5.41) is 21.7. The Hall–Kier alpha value is -2.03. The van der Waals surface area contributed by atoms with Gasteiger partial charge in [-0.3, -0.25) is 4.79 Å². The Morgan fingerprint density at radius 1 is 1.30 bits per heavy atom. The molecule has 0 aliphatic rings. The van der Waals surface area contributed by atoms with Crippen molar-refractivity contribution in [2.24, 2.45) is 0 Å². The lowest BCUT2D eigenvalue weighted by Gasteiger charge is -2.09. The van der Waals surface area contributed by atoms with E-state index >= 15 is 0 Å². The second kappa shape index (κ2) is 5.95. The predicted octanol–water partition coefficient (Wildman–Crippen LogP) is 3.93. The van der Waals surface area contributed by atoms with Crippen LogP contribution in [-0.2, 0) is 0 Å². The highest BCUT2D eigenvalue weighted by Crippen LogP contribution is 2.25. The van der Waals surface area contributed by atoms with E-state index in [-0.39, 0.29) is 11.3 Å². The van der Waals surface area contributed by atoms with Crippen LogP contribution in [0, 0.1) is 11.3 Å². The molecule has 2 N–H and O–H groups in total. The molecule has 0 saturated carbocycles. The third-order valence-corrected chi connectivity index (χ3v) is 3.28. The monoisotopic (exact) mass is 350 g/mol. The Kier molecular flexibility index (Phi) is 4.28. The Bertz CT molecular complexity index is 726. The average molecular weight is 352 g/mol. The zero-order valence-electron chi connectivity index (χ0n) is 10.0. The second-order valence-electron chi connectivity index (χ2n) is 3.92. The van der Waals surface area contributed by atoms with Gasteiger partial charge in [-0.1, -0.05) is 27.5 Å². The molecular weight excluding hydrogens is 344 g/mol. The van der Waals surface area contributed by atoms with Crippen LogP contribution in [0.1, 0.15) is 15.9 Å². The summed E-state index contributed by atoms with van der Waals surface area (Å²) in [6, 6.07) is 11.0. The fourth-order valence-electron chi connectivity index (χ4n) is 1.60. The van der Waals surface area contributed by atoms with Crippen LogP contribution in [0.4, 0.5) is 5.69 Å². The van der Waals surface area contributed by atoms with Crippen molar-refractivity contribution in [1.82, 2.24) is 0 Å². The molecule has 0 aliphatic heterocycles. The topological polar surface area (TPSA) is 73.1 Å². The number of nitrogens with one attached hydrogen (secondary N) is 1. The number of hydrogen-bond acceptors (Lipinski definition) is 3. The minimum atomic E-state index is -0.520. The lowest BCUT2D eigenvalue weighted by Crippen LogP contribution is -2.13. The van der Waals surface area contributed by atoms with Crippen LogP contribution < -0.4 is 5.32 Å².